The average molecular weight is 240 g/mol. The van der Waals surface area contributed by atoms with Crippen molar-refractivity contribution >= 4 is 28.5 Å². The Bertz CT molecular complexity index is 538. The lowest BCUT2D eigenvalue weighted by atomic mass is 9.96. The number of hydrogen-bond acceptors (Lipinski definition) is 3. The smallest absolute Gasteiger partial charge is 0.312 e. The maximum absolute atomic E-state index is 11.1. The summed E-state index contributed by atoms with van der Waals surface area (Å²) in [5.74, 6) is -1.73. The van der Waals surface area contributed by atoms with E-state index in [-0.39, 0.29) is 6.54 Å². The monoisotopic (exact) mass is 239 g/mol. The van der Waals surface area contributed by atoms with Gasteiger partial charge in [0.15, 0.2) is 0 Å². The molecule has 2 aromatic rings. The van der Waals surface area contributed by atoms with Gasteiger partial charge in [-0.2, -0.15) is 5.10 Å². The van der Waals surface area contributed by atoms with Crippen LogP contribution in [0, 0.1) is 0 Å². The molecule has 1 aromatic carbocycles. The summed E-state index contributed by atoms with van der Waals surface area (Å²) in [6, 6.07) is 5.20. The zero-order valence-electron chi connectivity index (χ0n) is 8.27. The summed E-state index contributed by atoms with van der Waals surface area (Å²) in [6.07, 6.45) is 0. The fraction of sp³-hybridized carbons (Fsp3) is 0.200. The van der Waals surface area contributed by atoms with Crippen LogP contribution in [0.15, 0.2) is 18.2 Å². The van der Waals surface area contributed by atoms with Gasteiger partial charge in [0.1, 0.15) is 5.15 Å². The summed E-state index contributed by atoms with van der Waals surface area (Å²) in [5, 5.41) is 16.6. The first-order valence-electron chi connectivity index (χ1n) is 4.70. The van der Waals surface area contributed by atoms with Gasteiger partial charge < -0.3 is 10.8 Å². The second-order valence-electron chi connectivity index (χ2n) is 3.41. The Morgan fingerprint density at radius 1 is 1.62 bits per heavy atom. The van der Waals surface area contributed by atoms with Crippen LogP contribution in [0.2, 0.25) is 5.15 Å². The first kappa shape index (κ1) is 10.9. The molecule has 0 spiro atoms. The molecule has 0 amide bonds. The van der Waals surface area contributed by atoms with Crippen molar-refractivity contribution in [2.75, 3.05) is 6.54 Å². The number of aromatic amines is 1. The van der Waals surface area contributed by atoms with Gasteiger partial charge in [-0.1, -0.05) is 23.7 Å². The van der Waals surface area contributed by atoms with E-state index in [9.17, 15) is 4.79 Å². The van der Waals surface area contributed by atoms with Crippen LogP contribution in [0.25, 0.3) is 10.9 Å². The minimum Gasteiger partial charge on any atom is -0.481 e. The number of carbonyl (C=O) groups is 1. The van der Waals surface area contributed by atoms with E-state index < -0.39 is 11.9 Å². The van der Waals surface area contributed by atoms with Gasteiger partial charge in [-0.25, -0.2) is 0 Å². The molecule has 1 unspecified atom stereocenters. The predicted molar refractivity (Wildman–Crippen MR) is 60.5 cm³/mol. The molecule has 4 N–H and O–H groups in total. The van der Waals surface area contributed by atoms with Crippen LogP contribution in [0.3, 0.4) is 0 Å². The van der Waals surface area contributed by atoms with Gasteiger partial charge in [-0.15, -0.1) is 0 Å². The average Bonchev–Trinajstić information content (AvgIpc) is 2.62. The van der Waals surface area contributed by atoms with Crippen LogP contribution in [-0.4, -0.2) is 27.8 Å². The number of carboxylic acid groups (broad SMARTS) is 1. The molecule has 2 rings (SSSR count). The molecule has 5 nitrogen and oxygen atoms in total. The third-order valence-electron chi connectivity index (χ3n) is 2.48. The number of rotatable bonds is 3. The number of benzene rings is 1. The molecule has 84 valence electrons. The minimum atomic E-state index is -0.965. The highest BCUT2D eigenvalue weighted by Gasteiger charge is 2.22. The number of halogens is 1. The lowest BCUT2D eigenvalue weighted by molar-refractivity contribution is -0.138. The molecular weight excluding hydrogens is 230 g/mol. The Labute approximate surface area is 96.2 Å². The summed E-state index contributed by atoms with van der Waals surface area (Å²) in [6.45, 7) is 0.0238. The van der Waals surface area contributed by atoms with Crippen LogP contribution in [0.5, 0.6) is 0 Å². The van der Waals surface area contributed by atoms with Crippen LogP contribution in [0.1, 0.15) is 11.5 Å². The molecule has 1 heterocycles. The first-order chi connectivity index (χ1) is 7.65. The summed E-state index contributed by atoms with van der Waals surface area (Å²) < 4.78 is 0. The molecular formula is C10H10ClN3O2. The van der Waals surface area contributed by atoms with Crippen molar-refractivity contribution in [1.82, 2.24) is 10.2 Å². The number of carboxylic acids is 1. The highest BCUT2D eigenvalue weighted by Crippen LogP contribution is 2.29. The van der Waals surface area contributed by atoms with E-state index in [1.54, 1.807) is 18.2 Å². The summed E-state index contributed by atoms with van der Waals surface area (Å²) in [5.41, 5.74) is 6.69. The second kappa shape index (κ2) is 4.11. The van der Waals surface area contributed by atoms with Gasteiger partial charge in [-0.05, 0) is 11.6 Å². The van der Waals surface area contributed by atoms with Gasteiger partial charge in [0.05, 0.1) is 11.4 Å². The van der Waals surface area contributed by atoms with Crippen LogP contribution in [-0.2, 0) is 4.79 Å². The number of nitrogens with one attached hydrogen (secondary N) is 1. The number of aliphatic carboxylic acids is 1. The Morgan fingerprint density at radius 2 is 2.38 bits per heavy atom. The standard InChI is InChI=1S/C10H10ClN3O2/c11-9-8-5(6(4-12)10(15)16)2-1-3-7(8)13-14-9/h1-3,6H,4,12H2,(H,13,14)(H,15,16). The summed E-state index contributed by atoms with van der Waals surface area (Å²) >= 11 is 5.93. The highest BCUT2D eigenvalue weighted by molar-refractivity contribution is 6.34. The van der Waals surface area contributed by atoms with Gasteiger partial charge in [-0.3, -0.25) is 9.89 Å². The molecule has 0 bridgehead atoms. The Kier molecular flexibility index (Phi) is 2.80. The zero-order valence-corrected chi connectivity index (χ0v) is 9.03. The molecule has 0 saturated carbocycles. The van der Waals surface area contributed by atoms with E-state index in [4.69, 9.17) is 22.4 Å². The fourth-order valence-corrected chi connectivity index (χ4v) is 1.95. The van der Waals surface area contributed by atoms with E-state index in [0.717, 1.165) is 0 Å². The first-order valence-corrected chi connectivity index (χ1v) is 5.08. The van der Waals surface area contributed by atoms with Crippen molar-refractivity contribution in [3.05, 3.63) is 28.9 Å². The van der Waals surface area contributed by atoms with Gasteiger partial charge in [0.2, 0.25) is 0 Å². The van der Waals surface area contributed by atoms with E-state index in [0.29, 0.717) is 21.6 Å². The van der Waals surface area contributed by atoms with Crippen LogP contribution >= 0.6 is 11.6 Å². The van der Waals surface area contributed by atoms with Crippen LogP contribution in [0.4, 0.5) is 0 Å². The third kappa shape index (κ3) is 1.64. The highest BCUT2D eigenvalue weighted by atomic mass is 35.5. The second-order valence-corrected chi connectivity index (χ2v) is 3.78. The van der Waals surface area contributed by atoms with Gasteiger partial charge in [0, 0.05) is 11.9 Å². The van der Waals surface area contributed by atoms with Gasteiger partial charge >= 0.3 is 5.97 Å². The molecule has 0 fully saturated rings. The summed E-state index contributed by atoms with van der Waals surface area (Å²) in [7, 11) is 0. The lowest BCUT2D eigenvalue weighted by Crippen LogP contribution is -2.21. The molecule has 1 aromatic heterocycles. The largest absolute Gasteiger partial charge is 0.481 e. The molecule has 16 heavy (non-hydrogen) atoms. The van der Waals surface area contributed by atoms with Crippen molar-refractivity contribution in [1.29, 1.82) is 0 Å². The maximum Gasteiger partial charge on any atom is 0.312 e. The Hall–Kier alpha value is -1.59. The molecule has 0 aliphatic rings. The number of nitrogens with zero attached hydrogens (tertiary/aromatic N) is 1. The van der Waals surface area contributed by atoms with Crippen molar-refractivity contribution in [2.45, 2.75) is 5.92 Å². The van der Waals surface area contributed by atoms with Crippen LogP contribution < -0.4 is 5.73 Å². The minimum absolute atomic E-state index is 0.0238. The Morgan fingerprint density at radius 3 is 3.00 bits per heavy atom. The zero-order chi connectivity index (χ0) is 11.7. The number of hydrogen-bond donors (Lipinski definition) is 3. The van der Waals surface area contributed by atoms with Crippen molar-refractivity contribution < 1.29 is 9.90 Å². The van der Waals surface area contributed by atoms with E-state index in [2.05, 4.69) is 10.2 Å². The van der Waals surface area contributed by atoms with Gasteiger partial charge in [0.25, 0.3) is 0 Å². The SMILES string of the molecule is NCC(C(=O)O)c1cccc2n[nH]c(Cl)c12. The van der Waals surface area contributed by atoms with Crippen molar-refractivity contribution in [2.24, 2.45) is 5.73 Å². The van der Waals surface area contributed by atoms with Crippen molar-refractivity contribution in [3.63, 3.8) is 0 Å². The normalized spacial score (nSPS) is 12.9. The summed E-state index contributed by atoms with van der Waals surface area (Å²) in [4.78, 5) is 11.1. The number of fused-ring (bicyclic) bond motifs is 1. The number of nitrogens with two attached hydrogens (primary N) is 1. The fourth-order valence-electron chi connectivity index (χ4n) is 1.71. The molecule has 0 aliphatic heterocycles. The Balaban J connectivity index is 2.67. The quantitative estimate of drug-likeness (QED) is 0.754. The van der Waals surface area contributed by atoms with E-state index in [1.807, 2.05) is 0 Å². The molecule has 0 radical (unpaired) electrons. The van der Waals surface area contributed by atoms with Crippen molar-refractivity contribution in [3.8, 4) is 0 Å². The number of aromatic nitrogens is 2. The number of H-pyrrole nitrogens is 1. The molecule has 1 atom stereocenters. The third-order valence-corrected chi connectivity index (χ3v) is 2.75. The van der Waals surface area contributed by atoms with E-state index >= 15 is 0 Å². The lowest BCUT2D eigenvalue weighted by Gasteiger charge is -2.10. The van der Waals surface area contributed by atoms with E-state index in [1.165, 1.54) is 0 Å². The molecule has 0 saturated heterocycles. The molecule has 6 heteroatoms. The predicted octanol–water partition coefficient (Wildman–Crippen LogP) is 1.34. The topological polar surface area (TPSA) is 92.0 Å². The molecule has 0 aliphatic carbocycles. The maximum atomic E-state index is 11.1.